The third-order valence-electron chi connectivity index (χ3n) is 2.95. The molecule has 1 aliphatic carbocycles. The van der Waals surface area contributed by atoms with Crippen molar-refractivity contribution in [3.05, 3.63) is 16.1 Å². The highest BCUT2D eigenvalue weighted by molar-refractivity contribution is 7.09. The van der Waals surface area contributed by atoms with Gasteiger partial charge in [0.25, 0.3) is 0 Å². The lowest BCUT2D eigenvalue weighted by Gasteiger charge is -2.24. The fourth-order valence-electron chi connectivity index (χ4n) is 1.70. The Morgan fingerprint density at radius 3 is 3.00 bits per heavy atom. The molecule has 0 radical (unpaired) electrons. The van der Waals surface area contributed by atoms with Gasteiger partial charge < -0.3 is 10.1 Å². The van der Waals surface area contributed by atoms with E-state index in [0.717, 1.165) is 23.8 Å². The number of rotatable bonds is 7. The molecule has 96 valence electrons. The van der Waals surface area contributed by atoms with Crippen LogP contribution in [0.15, 0.2) is 5.38 Å². The summed E-state index contributed by atoms with van der Waals surface area (Å²) in [6.45, 7) is 7.05. The van der Waals surface area contributed by atoms with E-state index in [1.54, 1.807) is 11.3 Å². The number of thiazole rings is 1. The fraction of sp³-hybridized carbons (Fsp3) is 0.769. The highest BCUT2D eigenvalue weighted by atomic mass is 32.1. The molecule has 0 unspecified atom stereocenters. The summed E-state index contributed by atoms with van der Waals surface area (Å²) in [4.78, 5) is 4.57. The van der Waals surface area contributed by atoms with Gasteiger partial charge in [-0.1, -0.05) is 13.8 Å². The minimum absolute atomic E-state index is 0.499. The molecular weight excluding hydrogens is 232 g/mol. The molecule has 1 heterocycles. The second-order valence-corrected chi connectivity index (χ2v) is 6.06. The van der Waals surface area contributed by atoms with Crippen LogP contribution in [-0.2, 0) is 17.9 Å². The number of aromatic nitrogens is 1. The van der Waals surface area contributed by atoms with Crippen molar-refractivity contribution < 1.29 is 4.74 Å². The van der Waals surface area contributed by atoms with Crippen LogP contribution in [0.4, 0.5) is 0 Å². The molecule has 1 saturated carbocycles. The first-order chi connectivity index (χ1) is 8.24. The third kappa shape index (κ3) is 4.37. The molecule has 0 aliphatic heterocycles. The highest BCUT2D eigenvalue weighted by Crippen LogP contribution is 2.23. The summed E-state index contributed by atoms with van der Waals surface area (Å²) in [7, 11) is 0. The number of nitrogens with zero attached hydrogens (tertiary/aromatic N) is 1. The van der Waals surface area contributed by atoms with Crippen LogP contribution in [-0.4, -0.2) is 17.6 Å². The Balaban J connectivity index is 1.67. The molecule has 0 spiro atoms. The van der Waals surface area contributed by atoms with Gasteiger partial charge in [0, 0.05) is 11.9 Å². The molecule has 4 heteroatoms. The Kier molecular flexibility index (Phi) is 4.95. The van der Waals surface area contributed by atoms with E-state index in [0.29, 0.717) is 18.6 Å². The van der Waals surface area contributed by atoms with Crippen molar-refractivity contribution in [3.8, 4) is 0 Å². The Morgan fingerprint density at radius 2 is 2.35 bits per heavy atom. The largest absolute Gasteiger partial charge is 0.372 e. The Labute approximate surface area is 108 Å². The van der Waals surface area contributed by atoms with Crippen molar-refractivity contribution in [1.82, 2.24) is 10.3 Å². The van der Waals surface area contributed by atoms with Gasteiger partial charge in [0.05, 0.1) is 18.4 Å². The van der Waals surface area contributed by atoms with Gasteiger partial charge >= 0.3 is 0 Å². The lowest BCUT2D eigenvalue weighted by Crippen LogP contribution is -2.21. The minimum atomic E-state index is 0.499. The van der Waals surface area contributed by atoms with E-state index in [9.17, 15) is 0 Å². The van der Waals surface area contributed by atoms with E-state index in [1.165, 1.54) is 19.3 Å². The van der Waals surface area contributed by atoms with Crippen LogP contribution in [0, 0.1) is 5.92 Å². The maximum absolute atomic E-state index is 5.74. The molecule has 3 nitrogen and oxygen atoms in total. The second-order valence-electron chi connectivity index (χ2n) is 5.12. The maximum atomic E-state index is 5.74. The molecule has 1 N–H and O–H groups in total. The Morgan fingerprint density at radius 1 is 1.53 bits per heavy atom. The van der Waals surface area contributed by atoms with Crippen molar-refractivity contribution in [2.24, 2.45) is 5.92 Å². The van der Waals surface area contributed by atoms with E-state index >= 15 is 0 Å². The van der Waals surface area contributed by atoms with E-state index in [4.69, 9.17) is 4.74 Å². The molecule has 0 amide bonds. The van der Waals surface area contributed by atoms with Crippen molar-refractivity contribution in [3.63, 3.8) is 0 Å². The van der Waals surface area contributed by atoms with Crippen LogP contribution >= 0.6 is 11.3 Å². The van der Waals surface area contributed by atoms with Gasteiger partial charge in [0.1, 0.15) is 5.01 Å². The highest BCUT2D eigenvalue weighted by Gasteiger charge is 2.18. The standard InChI is InChI=1S/C13H22N2OS/c1-10(2)6-14-7-13-15-11(9-17-13)8-16-12-4-3-5-12/h9-10,12,14H,3-8H2,1-2H3. The zero-order chi connectivity index (χ0) is 12.1. The first-order valence-electron chi connectivity index (χ1n) is 6.49. The molecule has 0 saturated heterocycles. The molecule has 0 atom stereocenters. The van der Waals surface area contributed by atoms with Crippen LogP contribution in [0.5, 0.6) is 0 Å². The molecule has 1 aromatic heterocycles. The van der Waals surface area contributed by atoms with E-state index < -0.39 is 0 Å². The van der Waals surface area contributed by atoms with Gasteiger partial charge in [0.2, 0.25) is 0 Å². The van der Waals surface area contributed by atoms with E-state index in [1.807, 2.05) is 0 Å². The van der Waals surface area contributed by atoms with Gasteiger partial charge in [-0.3, -0.25) is 0 Å². The summed E-state index contributed by atoms with van der Waals surface area (Å²) in [5.41, 5.74) is 1.09. The van der Waals surface area contributed by atoms with Gasteiger partial charge in [0.15, 0.2) is 0 Å². The van der Waals surface area contributed by atoms with Crippen LogP contribution in [0.2, 0.25) is 0 Å². The normalized spacial score (nSPS) is 16.4. The van der Waals surface area contributed by atoms with Crippen LogP contribution in [0.1, 0.15) is 43.8 Å². The number of ether oxygens (including phenoxy) is 1. The van der Waals surface area contributed by atoms with Crippen LogP contribution < -0.4 is 5.32 Å². The summed E-state index contributed by atoms with van der Waals surface area (Å²) >= 11 is 1.72. The summed E-state index contributed by atoms with van der Waals surface area (Å²) in [5, 5.41) is 6.69. The zero-order valence-corrected chi connectivity index (χ0v) is 11.6. The molecule has 1 aromatic rings. The first-order valence-corrected chi connectivity index (χ1v) is 7.37. The van der Waals surface area contributed by atoms with E-state index in [-0.39, 0.29) is 0 Å². The summed E-state index contributed by atoms with van der Waals surface area (Å²) in [5.74, 6) is 0.691. The lowest BCUT2D eigenvalue weighted by atomic mass is 9.96. The van der Waals surface area contributed by atoms with E-state index in [2.05, 4.69) is 29.5 Å². The number of nitrogens with one attached hydrogen (secondary N) is 1. The summed E-state index contributed by atoms with van der Waals surface area (Å²) < 4.78 is 5.74. The predicted molar refractivity (Wildman–Crippen MR) is 71.1 cm³/mol. The number of hydrogen-bond acceptors (Lipinski definition) is 4. The topological polar surface area (TPSA) is 34.2 Å². The molecular formula is C13H22N2OS. The minimum Gasteiger partial charge on any atom is -0.372 e. The average molecular weight is 254 g/mol. The SMILES string of the molecule is CC(C)CNCc1nc(COC2CCC2)cs1. The average Bonchev–Trinajstić information content (AvgIpc) is 2.63. The predicted octanol–water partition coefficient (Wildman–Crippen LogP) is 2.96. The molecule has 1 fully saturated rings. The van der Waals surface area contributed by atoms with Crippen molar-refractivity contribution in [2.45, 2.75) is 52.4 Å². The zero-order valence-electron chi connectivity index (χ0n) is 10.7. The number of hydrogen-bond donors (Lipinski definition) is 1. The van der Waals surface area contributed by atoms with Gasteiger partial charge in [-0.15, -0.1) is 11.3 Å². The summed E-state index contributed by atoms with van der Waals surface area (Å²) in [6.07, 6.45) is 4.28. The van der Waals surface area contributed by atoms with Crippen LogP contribution in [0.25, 0.3) is 0 Å². The molecule has 0 aromatic carbocycles. The van der Waals surface area contributed by atoms with Crippen LogP contribution in [0.3, 0.4) is 0 Å². The lowest BCUT2D eigenvalue weighted by molar-refractivity contribution is -0.00993. The van der Waals surface area contributed by atoms with Crippen molar-refractivity contribution in [2.75, 3.05) is 6.54 Å². The van der Waals surface area contributed by atoms with Gasteiger partial charge in [-0.2, -0.15) is 0 Å². The van der Waals surface area contributed by atoms with Crippen molar-refractivity contribution in [1.29, 1.82) is 0 Å². The first kappa shape index (κ1) is 13.0. The van der Waals surface area contributed by atoms with Gasteiger partial charge in [-0.05, 0) is 31.7 Å². The van der Waals surface area contributed by atoms with Gasteiger partial charge in [-0.25, -0.2) is 4.98 Å². The smallest absolute Gasteiger partial charge is 0.107 e. The monoisotopic (exact) mass is 254 g/mol. The summed E-state index contributed by atoms with van der Waals surface area (Å²) in [6, 6.07) is 0. The fourth-order valence-corrected chi connectivity index (χ4v) is 2.45. The molecule has 2 rings (SSSR count). The third-order valence-corrected chi connectivity index (χ3v) is 3.84. The Bertz CT molecular complexity index is 334. The quantitative estimate of drug-likeness (QED) is 0.812. The molecule has 0 bridgehead atoms. The maximum Gasteiger partial charge on any atom is 0.107 e. The molecule has 17 heavy (non-hydrogen) atoms. The van der Waals surface area contributed by atoms with Crippen molar-refractivity contribution >= 4 is 11.3 Å². The Hall–Kier alpha value is -0.450. The molecule has 1 aliphatic rings. The second kappa shape index (κ2) is 6.47.